The van der Waals surface area contributed by atoms with Gasteiger partial charge in [0.15, 0.2) is 0 Å². The summed E-state index contributed by atoms with van der Waals surface area (Å²) in [6.07, 6.45) is 7.93. The van der Waals surface area contributed by atoms with Crippen molar-refractivity contribution in [1.29, 1.82) is 0 Å². The molecule has 4 nitrogen and oxygen atoms in total. The Balaban J connectivity index is -0.00000180. The fourth-order valence-corrected chi connectivity index (χ4v) is 5.04. The Morgan fingerprint density at radius 3 is 1.37 bits per heavy atom. The van der Waals surface area contributed by atoms with Gasteiger partial charge in [-0.25, -0.2) is 9.97 Å². The van der Waals surface area contributed by atoms with Crippen LogP contribution >= 0.6 is 34.8 Å². The maximum Gasteiger partial charge on any atom is 3.00 e. The topological polar surface area (TPSA) is 57.4 Å². The Morgan fingerprint density at radius 1 is 0.488 bits per heavy atom. The van der Waals surface area contributed by atoms with E-state index in [4.69, 9.17) is 44.8 Å². The molecule has 0 saturated carbocycles. The first kappa shape index (κ1) is 44.9. The van der Waals surface area contributed by atoms with Crippen LogP contribution in [0.15, 0.2) is 54.6 Å². The van der Waals surface area contributed by atoms with Crippen molar-refractivity contribution in [2.45, 2.75) is 0 Å². The second-order valence-corrected chi connectivity index (χ2v) is 9.08. The fraction of sp³-hybridized carbons (Fsp3) is 0. The minimum Gasteiger partial charge on any atom is -1.00 e. The van der Waals surface area contributed by atoms with Gasteiger partial charge in [-0.2, -0.15) is 0 Å². The van der Waals surface area contributed by atoms with Crippen LogP contribution in [-0.2, 0) is 0 Å². The standard InChI is InChI=1S/C26H15Cl3N4.2Al.6ClH/c27-14-7-23(28)26(24(29)8-14)22-12-21-11-19-4-3-17(31-19)9-15-1-2-16(30-15)10-18-5-6-20(32-18)13-25(22)33-21;;;;;;;;/h1-13,30,33H;;;6*1H/q;2*+3;;;;;;/p-6. The Bertz CT molecular complexity index is 1660. The summed E-state index contributed by atoms with van der Waals surface area (Å²) in [7, 11) is 0. The average molecular weight is 756 g/mol. The maximum absolute atomic E-state index is 6.56. The van der Waals surface area contributed by atoms with Crippen molar-refractivity contribution >= 4 is 116 Å². The monoisotopic (exact) mass is 752 g/mol. The van der Waals surface area contributed by atoms with Crippen LogP contribution in [0.3, 0.4) is 0 Å². The van der Waals surface area contributed by atoms with E-state index in [-0.39, 0.29) is 109 Å². The molecule has 41 heavy (non-hydrogen) atoms. The van der Waals surface area contributed by atoms with Crippen molar-refractivity contribution in [2.75, 3.05) is 0 Å². The van der Waals surface area contributed by atoms with E-state index < -0.39 is 0 Å². The molecule has 8 bridgehead atoms. The second kappa shape index (κ2) is 19.0. The molecule has 2 aliphatic rings. The first-order valence-corrected chi connectivity index (χ1v) is 11.4. The molecule has 0 unspecified atom stereocenters. The van der Waals surface area contributed by atoms with Crippen LogP contribution in [0.2, 0.25) is 15.1 Å². The molecule has 0 fully saturated rings. The van der Waals surface area contributed by atoms with Gasteiger partial charge >= 0.3 is 34.7 Å². The van der Waals surface area contributed by atoms with Crippen molar-refractivity contribution in [2.24, 2.45) is 0 Å². The molecular formula is C26H15Al2Cl9N4. The predicted molar refractivity (Wildman–Crippen MR) is 151 cm³/mol. The third kappa shape index (κ3) is 10.0. The Kier molecular flexibility index (Phi) is 20.8. The van der Waals surface area contributed by atoms with Gasteiger partial charge in [0.25, 0.3) is 0 Å². The summed E-state index contributed by atoms with van der Waals surface area (Å²) < 4.78 is 0. The van der Waals surface area contributed by atoms with Gasteiger partial charge in [-0.1, -0.05) is 34.8 Å². The Labute approximate surface area is 310 Å². The first-order valence-electron chi connectivity index (χ1n) is 10.2. The number of hydrogen-bond donors (Lipinski definition) is 2. The number of benzene rings is 1. The second-order valence-electron chi connectivity index (χ2n) is 7.83. The molecule has 208 valence electrons. The molecule has 2 aliphatic heterocycles. The van der Waals surface area contributed by atoms with Crippen LogP contribution in [0.1, 0.15) is 22.8 Å². The third-order valence-electron chi connectivity index (χ3n) is 5.44. The van der Waals surface area contributed by atoms with E-state index >= 15 is 0 Å². The summed E-state index contributed by atoms with van der Waals surface area (Å²) in [5, 5.41) is 1.45. The fourth-order valence-electron chi connectivity index (χ4n) is 4.02. The van der Waals surface area contributed by atoms with Gasteiger partial charge in [0.1, 0.15) is 0 Å². The minimum atomic E-state index is 0. The number of halogens is 9. The van der Waals surface area contributed by atoms with Gasteiger partial charge in [0.05, 0.1) is 32.8 Å². The summed E-state index contributed by atoms with van der Waals surface area (Å²) in [4.78, 5) is 16.3. The number of nitrogens with zero attached hydrogens (tertiary/aromatic N) is 2. The van der Waals surface area contributed by atoms with Crippen LogP contribution in [0.5, 0.6) is 0 Å². The largest absolute Gasteiger partial charge is 3.00 e. The van der Waals surface area contributed by atoms with Crippen LogP contribution in [0.4, 0.5) is 0 Å². The first-order chi connectivity index (χ1) is 16.0. The number of rotatable bonds is 1. The molecule has 0 spiro atoms. The van der Waals surface area contributed by atoms with Crippen molar-refractivity contribution in [3.8, 4) is 11.1 Å². The third-order valence-corrected chi connectivity index (χ3v) is 6.26. The minimum absolute atomic E-state index is 0. The van der Waals surface area contributed by atoms with Crippen LogP contribution in [-0.4, -0.2) is 54.7 Å². The van der Waals surface area contributed by atoms with Gasteiger partial charge < -0.3 is 84.4 Å². The van der Waals surface area contributed by atoms with Crippen molar-refractivity contribution in [3.05, 3.63) is 92.4 Å². The molecule has 0 amide bonds. The predicted octanol–water partition coefficient (Wildman–Crippen LogP) is -10.5. The molecule has 0 saturated heterocycles. The average Bonchev–Trinajstić information content (AvgIpc) is 3.53. The van der Waals surface area contributed by atoms with E-state index in [1.54, 1.807) is 12.1 Å². The van der Waals surface area contributed by atoms with Gasteiger partial charge in [-0.15, -0.1) is 0 Å². The summed E-state index contributed by atoms with van der Waals surface area (Å²) in [6, 6.07) is 17.4. The number of hydrogen-bond acceptors (Lipinski definition) is 2. The molecular weight excluding hydrogens is 741 g/mol. The molecule has 0 atom stereocenters. The molecule has 5 heterocycles. The number of H-pyrrole nitrogens is 2. The molecule has 6 rings (SSSR count). The SMILES string of the molecule is Clc1cc(Cl)c(-c2cc3cc4nc(cc5ccc(cc6nc(cc2[nH]3)C=C6)[nH]5)C=C4)c(Cl)c1.[Al+3].[Al+3].[Cl-].[Cl-].[Cl-].[Cl-].[Cl-].[Cl-]. The molecule has 2 N–H and O–H groups in total. The number of nitrogens with one attached hydrogen (secondary N) is 2. The van der Waals surface area contributed by atoms with Crippen LogP contribution in [0.25, 0.3) is 57.5 Å². The zero-order valence-electron chi connectivity index (χ0n) is 20.5. The van der Waals surface area contributed by atoms with E-state index in [9.17, 15) is 0 Å². The van der Waals surface area contributed by atoms with E-state index in [0.717, 1.165) is 50.4 Å². The van der Waals surface area contributed by atoms with Gasteiger partial charge in [0.2, 0.25) is 0 Å². The molecule has 4 aromatic rings. The van der Waals surface area contributed by atoms with Gasteiger partial charge in [-0.05, 0) is 78.9 Å². The zero-order valence-corrected chi connectivity index (χ0v) is 29.6. The quantitative estimate of drug-likeness (QED) is 0.164. The van der Waals surface area contributed by atoms with E-state index in [2.05, 4.69) is 9.97 Å². The summed E-state index contributed by atoms with van der Waals surface area (Å²) in [5.74, 6) is 0. The van der Waals surface area contributed by atoms with Crippen LogP contribution in [0, 0.1) is 0 Å². The van der Waals surface area contributed by atoms with Gasteiger partial charge in [-0.3, -0.25) is 0 Å². The van der Waals surface area contributed by atoms with Crippen molar-refractivity contribution in [3.63, 3.8) is 0 Å². The molecule has 15 heteroatoms. The van der Waals surface area contributed by atoms with E-state index in [0.29, 0.717) is 20.6 Å². The Hall–Kier alpha value is -0.505. The zero-order chi connectivity index (χ0) is 22.5. The number of aromatic nitrogens is 4. The van der Waals surface area contributed by atoms with Crippen LogP contribution < -0.4 is 74.4 Å². The molecule has 0 radical (unpaired) electrons. The molecule has 1 aromatic carbocycles. The summed E-state index contributed by atoms with van der Waals surface area (Å²) in [5.41, 5.74) is 8.62. The molecule has 0 aliphatic carbocycles. The van der Waals surface area contributed by atoms with Crippen molar-refractivity contribution < 1.29 is 74.4 Å². The molecule has 3 aromatic heterocycles. The summed E-state index contributed by atoms with van der Waals surface area (Å²) >= 11 is 19.3. The van der Waals surface area contributed by atoms with E-state index in [1.165, 1.54) is 0 Å². The number of fused-ring (bicyclic) bond motifs is 8. The smallest absolute Gasteiger partial charge is 1.00 e. The van der Waals surface area contributed by atoms with Gasteiger partial charge in [0, 0.05) is 38.2 Å². The maximum atomic E-state index is 6.56. The summed E-state index contributed by atoms with van der Waals surface area (Å²) in [6.45, 7) is 0. The normalized spacial score (nSPS) is 10.0. The van der Waals surface area contributed by atoms with Crippen molar-refractivity contribution in [1.82, 2.24) is 19.9 Å². The Morgan fingerprint density at radius 2 is 0.902 bits per heavy atom. The van der Waals surface area contributed by atoms with E-state index in [1.807, 2.05) is 66.8 Å². The number of aromatic amines is 2.